The lowest BCUT2D eigenvalue weighted by Gasteiger charge is -2.36. The van der Waals surface area contributed by atoms with Crippen LogP contribution < -0.4 is 5.32 Å². The summed E-state index contributed by atoms with van der Waals surface area (Å²) in [5.74, 6) is -2.27. The lowest BCUT2D eigenvalue weighted by atomic mass is 10.1. The lowest BCUT2D eigenvalue weighted by Crippen LogP contribution is -2.56. The van der Waals surface area contributed by atoms with Gasteiger partial charge in [-0.15, -0.1) is 0 Å². The minimum Gasteiger partial charge on any atom is -0.340 e. The maximum Gasteiger partial charge on any atom is 0.254 e. The number of hydrogen-bond acceptors (Lipinski definition) is 4. The number of thioether (sulfide) groups is 1. The number of rotatable bonds is 7. The molecular formula is C24H27F2N3O3S. The minimum absolute atomic E-state index is 0.0666. The summed E-state index contributed by atoms with van der Waals surface area (Å²) in [4.78, 5) is 41.6. The number of amides is 3. The van der Waals surface area contributed by atoms with Crippen LogP contribution >= 0.6 is 11.8 Å². The normalized spacial score (nSPS) is 14.7. The molecule has 1 heterocycles. The highest BCUT2D eigenvalue weighted by Gasteiger charge is 2.30. The largest absolute Gasteiger partial charge is 0.340 e. The Morgan fingerprint density at radius 3 is 2.30 bits per heavy atom. The SMILES string of the molecule is CSCCC(NC(=O)c1cccc(C)c1)C(=O)N1CCN(C(=O)c2ccc(F)c(F)c2)CC1. The van der Waals surface area contributed by atoms with Gasteiger partial charge in [0.05, 0.1) is 0 Å². The molecule has 3 amide bonds. The van der Waals surface area contributed by atoms with E-state index >= 15 is 0 Å². The van der Waals surface area contributed by atoms with E-state index in [1.165, 1.54) is 11.0 Å². The van der Waals surface area contributed by atoms with E-state index in [0.29, 0.717) is 30.8 Å². The molecule has 0 aromatic heterocycles. The van der Waals surface area contributed by atoms with Crippen molar-refractivity contribution in [3.05, 3.63) is 70.8 Å². The van der Waals surface area contributed by atoms with Gasteiger partial charge in [-0.3, -0.25) is 14.4 Å². The summed E-state index contributed by atoms with van der Waals surface area (Å²) in [5.41, 5.74) is 1.52. The van der Waals surface area contributed by atoms with Gasteiger partial charge in [0.2, 0.25) is 5.91 Å². The highest BCUT2D eigenvalue weighted by Crippen LogP contribution is 2.15. The first-order chi connectivity index (χ1) is 15.8. The number of nitrogens with zero attached hydrogens (tertiary/aromatic N) is 2. The average molecular weight is 476 g/mol. The molecule has 0 saturated carbocycles. The van der Waals surface area contributed by atoms with Gasteiger partial charge in [-0.25, -0.2) is 8.78 Å². The number of aryl methyl sites for hydroxylation is 1. The summed E-state index contributed by atoms with van der Waals surface area (Å²) in [5, 5.41) is 2.86. The summed E-state index contributed by atoms with van der Waals surface area (Å²) in [7, 11) is 0. The Kier molecular flexibility index (Phi) is 8.43. The molecule has 1 aliphatic heterocycles. The van der Waals surface area contributed by atoms with Crippen LogP contribution in [0.25, 0.3) is 0 Å². The molecule has 0 radical (unpaired) electrons. The van der Waals surface area contributed by atoms with Crippen molar-refractivity contribution >= 4 is 29.5 Å². The van der Waals surface area contributed by atoms with Crippen LogP contribution in [0.15, 0.2) is 42.5 Å². The fourth-order valence-electron chi connectivity index (χ4n) is 3.68. The number of benzene rings is 2. The average Bonchev–Trinajstić information content (AvgIpc) is 2.82. The summed E-state index contributed by atoms with van der Waals surface area (Å²) in [6, 6.07) is 9.57. The van der Waals surface area contributed by atoms with E-state index in [2.05, 4.69) is 5.32 Å². The van der Waals surface area contributed by atoms with Gasteiger partial charge in [-0.1, -0.05) is 17.7 Å². The topological polar surface area (TPSA) is 69.7 Å². The molecule has 1 unspecified atom stereocenters. The molecule has 9 heteroatoms. The monoisotopic (exact) mass is 475 g/mol. The molecule has 33 heavy (non-hydrogen) atoms. The molecule has 2 aromatic rings. The lowest BCUT2D eigenvalue weighted by molar-refractivity contribution is -0.134. The van der Waals surface area contributed by atoms with Crippen molar-refractivity contribution in [3.8, 4) is 0 Å². The first-order valence-corrected chi connectivity index (χ1v) is 12.1. The van der Waals surface area contributed by atoms with Crippen LogP contribution in [0.2, 0.25) is 0 Å². The van der Waals surface area contributed by atoms with Crippen molar-refractivity contribution in [1.82, 2.24) is 15.1 Å². The summed E-state index contributed by atoms with van der Waals surface area (Å²) in [6.45, 7) is 3.03. The summed E-state index contributed by atoms with van der Waals surface area (Å²) in [6.07, 6.45) is 2.43. The molecular weight excluding hydrogens is 448 g/mol. The Hall–Kier alpha value is -2.94. The molecule has 1 atom stereocenters. The van der Waals surface area contributed by atoms with Gasteiger partial charge in [0.25, 0.3) is 11.8 Å². The summed E-state index contributed by atoms with van der Waals surface area (Å²) >= 11 is 1.59. The van der Waals surface area contributed by atoms with Crippen molar-refractivity contribution < 1.29 is 23.2 Å². The van der Waals surface area contributed by atoms with E-state index in [-0.39, 0.29) is 30.5 Å². The van der Waals surface area contributed by atoms with E-state index in [4.69, 9.17) is 0 Å². The Bertz CT molecular complexity index is 1030. The molecule has 1 saturated heterocycles. The molecule has 1 fully saturated rings. The van der Waals surface area contributed by atoms with Crippen LogP contribution in [0.5, 0.6) is 0 Å². The molecule has 1 aliphatic rings. The highest BCUT2D eigenvalue weighted by atomic mass is 32.2. The third-order valence-electron chi connectivity index (χ3n) is 5.54. The summed E-state index contributed by atoms with van der Waals surface area (Å²) < 4.78 is 26.6. The first kappa shape index (κ1) is 24.7. The molecule has 1 N–H and O–H groups in total. The van der Waals surface area contributed by atoms with Crippen LogP contribution in [0.1, 0.15) is 32.7 Å². The molecule has 0 spiro atoms. The second kappa shape index (κ2) is 11.3. The number of halogens is 2. The molecule has 0 bridgehead atoms. The molecule has 6 nitrogen and oxygen atoms in total. The van der Waals surface area contributed by atoms with Gasteiger partial charge in [0, 0.05) is 37.3 Å². The number of nitrogens with one attached hydrogen (secondary N) is 1. The highest BCUT2D eigenvalue weighted by molar-refractivity contribution is 7.98. The van der Waals surface area contributed by atoms with E-state index in [1.807, 2.05) is 19.2 Å². The van der Waals surface area contributed by atoms with Crippen LogP contribution in [-0.4, -0.2) is 71.8 Å². The van der Waals surface area contributed by atoms with Gasteiger partial charge in [-0.2, -0.15) is 11.8 Å². The zero-order chi connectivity index (χ0) is 24.0. The van der Waals surface area contributed by atoms with E-state index in [9.17, 15) is 23.2 Å². The van der Waals surface area contributed by atoms with Crippen LogP contribution in [0.4, 0.5) is 8.78 Å². The smallest absolute Gasteiger partial charge is 0.254 e. The number of hydrogen-bond donors (Lipinski definition) is 1. The molecule has 3 rings (SSSR count). The Balaban J connectivity index is 1.62. The Morgan fingerprint density at radius 2 is 1.67 bits per heavy atom. The zero-order valence-electron chi connectivity index (χ0n) is 18.6. The maximum atomic E-state index is 13.5. The molecule has 176 valence electrons. The van der Waals surface area contributed by atoms with E-state index < -0.39 is 23.6 Å². The number of carbonyl (C=O) groups excluding carboxylic acids is 3. The van der Waals surface area contributed by atoms with Crippen molar-refractivity contribution in [1.29, 1.82) is 0 Å². The number of piperazine rings is 1. The second-order valence-corrected chi connectivity index (χ2v) is 8.91. The predicted molar refractivity (Wildman–Crippen MR) is 124 cm³/mol. The third-order valence-corrected chi connectivity index (χ3v) is 6.18. The van der Waals surface area contributed by atoms with E-state index in [1.54, 1.807) is 34.9 Å². The van der Waals surface area contributed by atoms with Crippen LogP contribution in [0, 0.1) is 18.6 Å². The van der Waals surface area contributed by atoms with Gasteiger partial charge in [0.1, 0.15) is 6.04 Å². The first-order valence-electron chi connectivity index (χ1n) is 10.7. The van der Waals surface area contributed by atoms with Crippen molar-refractivity contribution in [2.45, 2.75) is 19.4 Å². The van der Waals surface area contributed by atoms with E-state index in [0.717, 1.165) is 17.7 Å². The fourth-order valence-corrected chi connectivity index (χ4v) is 4.15. The maximum absolute atomic E-state index is 13.5. The quantitative estimate of drug-likeness (QED) is 0.668. The minimum atomic E-state index is -1.07. The zero-order valence-corrected chi connectivity index (χ0v) is 19.5. The van der Waals surface area contributed by atoms with Gasteiger partial charge in [0.15, 0.2) is 11.6 Å². The third kappa shape index (κ3) is 6.31. The van der Waals surface area contributed by atoms with Crippen LogP contribution in [0.3, 0.4) is 0 Å². The van der Waals surface area contributed by atoms with Crippen molar-refractivity contribution in [2.24, 2.45) is 0 Å². The standard InChI is InChI=1S/C24H27F2N3O3S/c1-16-4-3-5-17(14-16)22(30)27-21(8-13-33-2)24(32)29-11-9-28(10-12-29)23(31)18-6-7-19(25)20(26)15-18/h3-7,14-15,21H,8-13H2,1-2H3,(H,27,30). The van der Waals surface area contributed by atoms with Gasteiger partial charge in [-0.05, 0) is 55.7 Å². The predicted octanol–water partition coefficient (Wildman–Crippen LogP) is 3.11. The Morgan fingerprint density at radius 1 is 0.970 bits per heavy atom. The fraction of sp³-hybridized carbons (Fsp3) is 0.375. The second-order valence-electron chi connectivity index (χ2n) is 7.92. The van der Waals surface area contributed by atoms with Crippen molar-refractivity contribution in [3.63, 3.8) is 0 Å². The molecule has 2 aromatic carbocycles. The molecule has 0 aliphatic carbocycles. The Labute approximate surface area is 196 Å². The van der Waals surface area contributed by atoms with Gasteiger partial charge < -0.3 is 15.1 Å². The van der Waals surface area contributed by atoms with Gasteiger partial charge >= 0.3 is 0 Å². The van der Waals surface area contributed by atoms with Crippen molar-refractivity contribution in [2.75, 3.05) is 38.2 Å². The number of carbonyl (C=O) groups is 3. The van der Waals surface area contributed by atoms with Crippen LogP contribution in [-0.2, 0) is 4.79 Å².